The number of nitrogens with one attached hydrogen (secondary N) is 1. The topological polar surface area (TPSA) is 39.1 Å². The van der Waals surface area contributed by atoms with E-state index in [-0.39, 0.29) is 7.43 Å². The van der Waals surface area contributed by atoms with Gasteiger partial charge >= 0.3 is 0 Å². The van der Waals surface area contributed by atoms with Crippen LogP contribution in [0.15, 0.2) is 22.7 Å². The zero-order valence-corrected chi connectivity index (χ0v) is 16.6. The molecule has 2 aliphatic carbocycles. The van der Waals surface area contributed by atoms with Crippen LogP contribution in [-0.2, 0) is 0 Å². The third kappa shape index (κ3) is 4.43. The lowest BCUT2D eigenvalue weighted by molar-refractivity contribution is 0.353. The maximum atomic E-state index is 9.16. The highest BCUT2D eigenvalue weighted by Gasteiger charge is 2.44. The first-order chi connectivity index (χ1) is 12.1. The van der Waals surface area contributed by atoms with Gasteiger partial charge in [0.1, 0.15) is 6.07 Å². The fourth-order valence-corrected chi connectivity index (χ4v) is 4.74. The molecule has 2 saturated heterocycles. The second kappa shape index (κ2) is 7.90. The molecule has 26 heavy (non-hydrogen) atoms. The molecule has 3 nitrogen and oxygen atoms in total. The molecule has 2 spiro atoms. The van der Waals surface area contributed by atoms with Gasteiger partial charge in [-0.15, -0.1) is 0 Å². The van der Waals surface area contributed by atoms with E-state index in [1.807, 2.05) is 12.1 Å². The van der Waals surface area contributed by atoms with Crippen LogP contribution in [0.25, 0.3) is 0 Å². The minimum atomic E-state index is 0. The van der Waals surface area contributed by atoms with E-state index in [2.05, 4.69) is 38.3 Å². The summed E-state index contributed by atoms with van der Waals surface area (Å²) in [5.74, 6) is 0. The molecule has 0 aromatic heterocycles. The summed E-state index contributed by atoms with van der Waals surface area (Å²) in [6, 6.07) is 8.21. The predicted molar refractivity (Wildman–Crippen MR) is 112 cm³/mol. The Morgan fingerprint density at radius 2 is 1.50 bits per heavy atom. The number of piperidine rings is 2. The number of hydrogen-bond donors (Lipinski definition) is 1. The minimum Gasteiger partial charge on any atom is -0.370 e. The molecular formula is C22H32BrN3. The van der Waals surface area contributed by atoms with Gasteiger partial charge in [-0.2, -0.15) is 5.26 Å². The SMILES string of the molecule is C.C1CC2(CCN1)CC2.N#Cc1ccc(Br)cc1N1CCC2(CC1)CC2. The summed E-state index contributed by atoms with van der Waals surface area (Å²) in [5.41, 5.74) is 3.44. The van der Waals surface area contributed by atoms with E-state index < -0.39 is 0 Å². The smallest absolute Gasteiger partial charge is 0.101 e. The molecule has 0 atom stereocenters. The number of rotatable bonds is 1. The predicted octanol–water partition coefficient (Wildman–Crippen LogP) is 5.49. The highest BCUT2D eigenvalue weighted by molar-refractivity contribution is 9.10. The summed E-state index contributed by atoms with van der Waals surface area (Å²) in [5, 5.41) is 12.5. The molecule has 142 valence electrons. The van der Waals surface area contributed by atoms with Crippen molar-refractivity contribution in [2.75, 3.05) is 31.1 Å². The molecule has 2 saturated carbocycles. The summed E-state index contributed by atoms with van der Waals surface area (Å²) < 4.78 is 1.05. The Kier molecular flexibility index (Phi) is 5.99. The lowest BCUT2D eigenvalue weighted by Crippen LogP contribution is -2.34. The molecule has 4 fully saturated rings. The number of halogens is 1. The van der Waals surface area contributed by atoms with Crippen molar-refractivity contribution in [2.24, 2.45) is 10.8 Å². The zero-order chi connectivity index (χ0) is 17.3. The lowest BCUT2D eigenvalue weighted by Gasteiger charge is -2.34. The van der Waals surface area contributed by atoms with Crippen LogP contribution < -0.4 is 10.2 Å². The molecule has 0 amide bonds. The molecule has 0 radical (unpaired) electrons. The third-order valence-corrected chi connectivity index (χ3v) is 7.32. The molecule has 1 aromatic rings. The molecule has 2 aliphatic heterocycles. The van der Waals surface area contributed by atoms with Gasteiger partial charge in [-0.3, -0.25) is 0 Å². The Morgan fingerprint density at radius 3 is 2.00 bits per heavy atom. The van der Waals surface area contributed by atoms with Crippen LogP contribution in [0.5, 0.6) is 0 Å². The molecule has 0 bridgehead atoms. The summed E-state index contributed by atoms with van der Waals surface area (Å²) in [6.45, 7) is 4.76. The van der Waals surface area contributed by atoms with Crippen LogP contribution >= 0.6 is 15.9 Å². The van der Waals surface area contributed by atoms with Gasteiger partial charge in [0.25, 0.3) is 0 Å². The Balaban J connectivity index is 0.000000183. The van der Waals surface area contributed by atoms with Crippen molar-refractivity contribution in [2.45, 2.75) is 58.8 Å². The maximum Gasteiger partial charge on any atom is 0.101 e. The van der Waals surface area contributed by atoms with Gasteiger partial charge in [0.15, 0.2) is 0 Å². The molecular weight excluding hydrogens is 386 g/mol. The average molecular weight is 418 g/mol. The summed E-state index contributed by atoms with van der Waals surface area (Å²) in [4.78, 5) is 2.37. The van der Waals surface area contributed by atoms with Crippen molar-refractivity contribution in [3.8, 4) is 6.07 Å². The standard InChI is InChI=1S/C14H15BrN2.C7H13N.CH4/c15-12-2-1-11(10-16)13(9-12)17-7-5-14(3-4-14)6-8-17;1-2-7(1)3-5-8-6-4-7;/h1-2,9H,3-8H2;8H,1-6H2;1H4. The van der Waals surface area contributed by atoms with Crippen molar-refractivity contribution in [3.63, 3.8) is 0 Å². The van der Waals surface area contributed by atoms with Crippen molar-refractivity contribution in [1.82, 2.24) is 5.32 Å². The fourth-order valence-electron chi connectivity index (χ4n) is 4.39. The Morgan fingerprint density at radius 1 is 0.923 bits per heavy atom. The highest BCUT2D eigenvalue weighted by atomic mass is 79.9. The van der Waals surface area contributed by atoms with Crippen molar-refractivity contribution in [3.05, 3.63) is 28.2 Å². The Labute approximate surface area is 167 Å². The molecule has 4 heteroatoms. The highest BCUT2D eigenvalue weighted by Crippen LogP contribution is 2.54. The largest absolute Gasteiger partial charge is 0.370 e. The fraction of sp³-hybridized carbons (Fsp3) is 0.682. The van der Waals surface area contributed by atoms with Crippen LogP contribution in [0.2, 0.25) is 0 Å². The maximum absolute atomic E-state index is 9.16. The summed E-state index contributed by atoms with van der Waals surface area (Å²) in [6.07, 6.45) is 11.4. The van der Waals surface area contributed by atoms with E-state index in [0.29, 0.717) is 5.41 Å². The van der Waals surface area contributed by atoms with Gasteiger partial charge in [-0.1, -0.05) is 23.4 Å². The van der Waals surface area contributed by atoms with E-state index in [9.17, 15) is 0 Å². The molecule has 1 aromatic carbocycles. The molecule has 2 heterocycles. The molecule has 0 unspecified atom stereocenters. The van der Waals surface area contributed by atoms with Crippen LogP contribution in [-0.4, -0.2) is 26.2 Å². The summed E-state index contributed by atoms with van der Waals surface area (Å²) in [7, 11) is 0. The van der Waals surface area contributed by atoms with Crippen molar-refractivity contribution >= 4 is 21.6 Å². The second-order valence-corrected chi connectivity index (χ2v) is 9.43. The lowest BCUT2D eigenvalue weighted by atomic mass is 9.93. The number of hydrogen-bond acceptors (Lipinski definition) is 3. The first kappa shape index (κ1) is 19.7. The molecule has 1 N–H and O–H groups in total. The number of benzene rings is 1. The van der Waals surface area contributed by atoms with E-state index in [0.717, 1.165) is 34.2 Å². The Hall–Kier alpha value is -1.05. The van der Waals surface area contributed by atoms with Crippen molar-refractivity contribution in [1.29, 1.82) is 5.26 Å². The quantitative estimate of drug-likeness (QED) is 0.656. The van der Waals surface area contributed by atoms with Crippen LogP contribution in [0.4, 0.5) is 5.69 Å². The van der Waals surface area contributed by atoms with Gasteiger partial charge in [0, 0.05) is 17.6 Å². The van der Waals surface area contributed by atoms with E-state index >= 15 is 0 Å². The normalized spacial score (nSPS) is 24.1. The second-order valence-electron chi connectivity index (χ2n) is 8.51. The first-order valence-corrected chi connectivity index (χ1v) is 10.6. The monoisotopic (exact) mass is 417 g/mol. The summed E-state index contributed by atoms with van der Waals surface area (Å²) >= 11 is 3.49. The van der Waals surface area contributed by atoms with E-state index in [4.69, 9.17) is 5.26 Å². The van der Waals surface area contributed by atoms with Crippen LogP contribution in [0.3, 0.4) is 0 Å². The van der Waals surface area contributed by atoms with Gasteiger partial charge in [0.05, 0.1) is 11.3 Å². The number of nitrogens with zero attached hydrogens (tertiary/aromatic N) is 2. The third-order valence-electron chi connectivity index (χ3n) is 6.82. The van der Waals surface area contributed by atoms with Crippen LogP contribution in [0.1, 0.15) is 64.4 Å². The number of nitriles is 1. The van der Waals surface area contributed by atoms with E-state index in [1.54, 1.807) is 0 Å². The molecule has 4 aliphatic rings. The van der Waals surface area contributed by atoms with E-state index in [1.165, 1.54) is 64.5 Å². The number of anilines is 1. The zero-order valence-electron chi connectivity index (χ0n) is 15.0. The van der Waals surface area contributed by atoms with Crippen LogP contribution in [0, 0.1) is 22.2 Å². The van der Waals surface area contributed by atoms with Gasteiger partial charge in [0.2, 0.25) is 0 Å². The average Bonchev–Trinajstić information content (AvgIpc) is 3.57. The minimum absolute atomic E-state index is 0. The Bertz CT molecular complexity index is 652. The van der Waals surface area contributed by atoms with Gasteiger partial charge in [-0.05, 0) is 93.5 Å². The van der Waals surface area contributed by atoms with Gasteiger partial charge < -0.3 is 10.2 Å². The van der Waals surface area contributed by atoms with Crippen molar-refractivity contribution < 1.29 is 0 Å². The van der Waals surface area contributed by atoms with Gasteiger partial charge in [-0.25, -0.2) is 0 Å². The first-order valence-electron chi connectivity index (χ1n) is 9.79. The molecule has 5 rings (SSSR count).